The molecule has 1 rings (SSSR count). The average molecular weight is 201 g/mol. The van der Waals surface area contributed by atoms with E-state index in [2.05, 4.69) is 0 Å². The molecule has 5 nitrogen and oxygen atoms in total. The Balaban J connectivity index is 2.63. The molecule has 1 N–H and O–H groups in total. The van der Waals surface area contributed by atoms with Gasteiger partial charge in [0.25, 0.3) is 5.91 Å². The average Bonchev–Trinajstić information content (AvgIpc) is 2.29. The molecule has 1 heterocycles. The summed E-state index contributed by atoms with van der Waals surface area (Å²) < 4.78 is 5.01. The number of carbonyl (C=O) groups is 2. The quantitative estimate of drug-likeness (QED) is 0.703. The van der Waals surface area contributed by atoms with Gasteiger partial charge in [0.2, 0.25) is 0 Å². The summed E-state index contributed by atoms with van der Waals surface area (Å²) in [4.78, 5) is 23.5. The number of carbonyl (C=O) groups excluding carboxylic acids is 1. The summed E-state index contributed by atoms with van der Waals surface area (Å²) >= 11 is 0. The molecule has 0 aromatic rings. The number of carboxylic acids is 1. The molecule has 0 radical (unpaired) electrons. The summed E-state index contributed by atoms with van der Waals surface area (Å²) in [6.07, 6.45) is 1.97. The van der Waals surface area contributed by atoms with Gasteiger partial charge in [-0.15, -0.1) is 0 Å². The lowest BCUT2D eigenvalue weighted by Crippen LogP contribution is -2.41. The molecule has 0 bridgehead atoms. The first-order chi connectivity index (χ1) is 6.65. The van der Waals surface area contributed by atoms with Crippen molar-refractivity contribution in [1.82, 2.24) is 4.90 Å². The van der Waals surface area contributed by atoms with Crippen molar-refractivity contribution >= 4 is 11.9 Å². The van der Waals surface area contributed by atoms with Gasteiger partial charge in [-0.05, 0) is 19.3 Å². The maximum atomic E-state index is 11.6. The van der Waals surface area contributed by atoms with Crippen molar-refractivity contribution in [1.29, 1.82) is 0 Å². The summed E-state index contributed by atoms with van der Waals surface area (Å²) in [6, 6.07) is 0. The van der Waals surface area contributed by atoms with E-state index < -0.39 is 12.1 Å². The molecule has 0 spiro atoms. The van der Waals surface area contributed by atoms with E-state index in [1.165, 1.54) is 12.0 Å². The topological polar surface area (TPSA) is 66.8 Å². The Kier molecular flexibility index (Phi) is 3.88. The van der Waals surface area contributed by atoms with Crippen LogP contribution in [0.3, 0.4) is 0 Å². The van der Waals surface area contributed by atoms with Crippen LogP contribution < -0.4 is 0 Å². The first-order valence-electron chi connectivity index (χ1n) is 4.68. The molecule has 1 amide bonds. The number of likely N-dealkylation sites (tertiary alicyclic amines) is 1. The van der Waals surface area contributed by atoms with Gasteiger partial charge in [-0.3, -0.25) is 9.59 Å². The molecule has 1 saturated heterocycles. The zero-order valence-corrected chi connectivity index (χ0v) is 8.23. The number of amides is 1. The largest absolute Gasteiger partial charge is 0.480 e. The Morgan fingerprint density at radius 3 is 2.93 bits per heavy atom. The molecule has 1 fully saturated rings. The monoisotopic (exact) mass is 201 g/mol. The fourth-order valence-corrected chi connectivity index (χ4v) is 1.61. The molecule has 14 heavy (non-hydrogen) atoms. The Bertz CT molecular complexity index is 229. The Morgan fingerprint density at radius 1 is 1.64 bits per heavy atom. The van der Waals surface area contributed by atoms with Crippen molar-refractivity contribution in [3.8, 4) is 0 Å². The zero-order chi connectivity index (χ0) is 10.6. The van der Waals surface area contributed by atoms with Crippen LogP contribution in [0.4, 0.5) is 0 Å². The van der Waals surface area contributed by atoms with E-state index in [0.29, 0.717) is 13.0 Å². The lowest BCUT2D eigenvalue weighted by Gasteiger charge is -2.21. The van der Waals surface area contributed by atoms with Crippen LogP contribution in [-0.2, 0) is 14.3 Å². The number of nitrogens with zero attached hydrogens (tertiary/aromatic N) is 1. The Hall–Kier alpha value is -1.10. The molecule has 1 aliphatic heterocycles. The maximum Gasteiger partial charge on any atom is 0.323 e. The van der Waals surface area contributed by atoms with Crippen LogP contribution in [0.2, 0.25) is 0 Å². The number of hydrogen-bond donors (Lipinski definition) is 1. The second-order valence-electron chi connectivity index (χ2n) is 3.37. The van der Waals surface area contributed by atoms with E-state index in [1.54, 1.807) is 0 Å². The smallest absolute Gasteiger partial charge is 0.323 e. The summed E-state index contributed by atoms with van der Waals surface area (Å²) in [5.74, 6) is -1.18. The third-order valence-electron chi connectivity index (χ3n) is 2.34. The van der Waals surface area contributed by atoms with Crippen LogP contribution in [0.25, 0.3) is 0 Å². The van der Waals surface area contributed by atoms with Crippen molar-refractivity contribution in [2.24, 2.45) is 0 Å². The minimum absolute atomic E-state index is 0.201. The van der Waals surface area contributed by atoms with Crippen molar-refractivity contribution in [2.75, 3.05) is 20.2 Å². The molecule has 0 unspecified atom stereocenters. The van der Waals surface area contributed by atoms with Gasteiger partial charge in [0.05, 0.1) is 0 Å². The molecule has 80 valence electrons. The lowest BCUT2D eigenvalue weighted by atomic mass is 10.2. The third-order valence-corrected chi connectivity index (χ3v) is 2.34. The highest BCUT2D eigenvalue weighted by Crippen LogP contribution is 2.13. The molecule has 1 aliphatic rings. The van der Waals surface area contributed by atoms with Crippen LogP contribution in [-0.4, -0.2) is 48.2 Å². The normalized spacial score (nSPS) is 23.4. The Labute approximate surface area is 82.6 Å². The van der Waals surface area contributed by atoms with Gasteiger partial charge in [0.1, 0.15) is 12.6 Å². The summed E-state index contributed by atoms with van der Waals surface area (Å²) in [5.41, 5.74) is 0. The van der Waals surface area contributed by atoms with Crippen molar-refractivity contribution in [2.45, 2.75) is 25.4 Å². The molecule has 0 aromatic heterocycles. The standard InChI is InChI=1S/C9H15NO4/c1-14-7-4-2-3-5-10(9(7)13)6-8(11)12/h7H,2-6H2,1H3,(H,11,12)/t7-/m1/s1. The molecule has 1 atom stereocenters. The lowest BCUT2D eigenvalue weighted by molar-refractivity contribution is -0.149. The minimum atomic E-state index is -0.977. The molecular weight excluding hydrogens is 186 g/mol. The van der Waals surface area contributed by atoms with Crippen molar-refractivity contribution in [3.63, 3.8) is 0 Å². The van der Waals surface area contributed by atoms with Gasteiger partial charge in [0, 0.05) is 13.7 Å². The van der Waals surface area contributed by atoms with E-state index in [0.717, 1.165) is 12.8 Å². The van der Waals surface area contributed by atoms with Gasteiger partial charge in [-0.25, -0.2) is 0 Å². The molecule has 0 aliphatic carbocycles. The first kappa shape index (κ1) is 11.0. The predicted octanol–water partition coefficient (Wildman–Crippen LogP) is 0.0985. The molecule has 0 aromatic carbocycles. The number of methoxy groups -OCH3 is 1. The highest BCUT2D eigenvalue weighted by atomic mass is 16.5. The highest BCUT2D eigenvalue weighted by molar-refractivity contribution is 5.84. The predicted molar refractivity (Wildman–Crippen MR) is 48.9 cm³/mol. The van der Waals surface area contributed by atoms with Gasteiger partial charge in [0.15, 0.2) is 0 Å². The van der Waals surface area contributed by atoms with Crippen LogP contribution >= 0.6 is 0 Å². The van der Waals surface area contributed by atoms with E-state index in [-0.39, 0.29) is 12.5 Å². The van der Waals surface area contributed by atoms with E-state index in [1.807, 2.05) is 0 Å². The first-order valence-corrected chi connectivity index (χ1v) is 4.68. The number of ether oxygens (including phenoxy) is 1. The van der Waals surface area contributed by atoms with Crippen LogP contribution in [0.5, 0.6) is 0 Å². The highest BCUT2D eigenvalue weighted by Gasteiger charge is 2.27. The molecule has 5 heteroatoms. The second kappa shape index (κ2) is 4.95. The summed E-state index contributed by atoms with van der Waals surface area (Å²) in [6.45, 7) is 0.295. The number of rotatable bonds is 3. The van der Waals surface area contributed by atoms with Gasteiger partial charge in [-0.1, -0.05) is 0 Å². The van der Waals surface area contributed by atoms with Crippen LogP contribution in [0.1, 0.15) is 19.3 Å². The van der Waals surface area contributed by atoms with Crippen molar-refractivity contribution in [3.05, 3.63) is 0 Å². The fourth-order valence-electron chi connectivity index (χ4n) is 1.61. The van der Waals surface area contributed by atoms with E-state index in [9.17, 15) is 9.59 Å². The van der Waals surface area contributed by atoms with Gasteiger partial charge in [-0.2, -0.15) is 0 Å². The number of aliphatic carboxylic acids is 1. The Morgan fingerprint density at radius 2 is 2.36 bits per heavy atom. The van der Waals surface area contributed by atoms with E-state index >= 15 is 0 Å². The zero-order valence-electron chi connectivity index (χ0n) is 8.23. The van der Waals surface area contributed by atoms with Gasteiger partial charge >= 0.3 is 5.97 Å². The summed E-state index contributed by atoms with van der Waals surface area (Å²) in [7, 11) is 1.48. The van der Waals surface area contributed by atoms with Crippen LogP contribution in [0.15, 0.2) is 0 Å². The molecular formula is C9H15NO4. The second-order valence-corrected chi connectivity index (χ2v) is 3.37. The fraction of sp³-hybridized carbons (Fsp3) is 0.778. The third kappa shape index (κ3) is 2.70. The number of carboxylic acid groups (broad SMARTS) is 1. The maximum absolute atomic E-state index is 11.6. The SMILES string of the molecule is CO[C@@H]1CCCCN(CC(=O)O)C1=O. The van der Waals surface area contributed by atoms with E-state index in [4.69, 9.17) is 9.84 Å². The van der Waals surface area contributed by atoms with Gasteiger partial charge < -0.3 is 14.7 Å². The molecule has 0 saturated carbocycles. The van der Waals surface area contributed by atoms with Crippen molar-refractivity contribution < 1.29 is 19.4 Å². The minimum Gasteiger partial charge on any atom is -0.480 e. The van der Waals surface area contributed by atoms with Crippen LogP contribution in [0, 0.1) is 0 Å². The summed E-state index contributed by atoms with van der Waals surface area (Å²) in [5, 5.41) is 8.60. The number of hydrogen-bond acceptors (Lipinski definition) is 3.